The summed E-state index contributed by atoms with van der Waals surface area (Å²) in [5.74, 6) is -1.41. The molecular formula is C27H24FN3O4S. The van der Waals surface area contributed by atoms with E-state index >= 15 is 0 Å². The molecule has 1 aromatic heterocycles. The molecule has 0 spiro atoms. The largest absolute Gasteiger partial charge is 0.494 e. The molecule has 6 rings (SSSR count). The number of hydrogen-bond acceptors (Lipinski definition) is 6. The molecule has 184 valence electrons. The second-order valence-electron chi connectivity index (χ2n) is 9.45. The normalized spacial score (nSPS) is 25.0. The molecule has 1 aliphatic heterocycles. The van der Waals surface area contributed by atoms with Crippen LogP contribution in [0, 0.1) is 29.5 Å². The zero-order valence-electron chi connectivity index (χ0n) is 19.5. The summed E-state index contributed by atoms with van der Waals surface area (Å²) in [6, 6.07) is 10.4. The van der Waals surface area contributed by atoms with Gasteiger partial charge in [-0.2, -0.15) is 0 Å². The van der Waals surface area contributed by atoms with Crippen molar-refractivity contribution in [3.8, 4) is 5.75 Å². The molecule has 5 unspecified atom stereocenters. The molecule has 9 heteroatoms. The fourth-order valence-corrected chi connectivity index (χ4v) is 6.78. The predicted octanol–water partition coefficient (Wildman–Crippen LogP) is 4.71. The van der Waals surface area contributed by atoms with Crippen LogP contribution in [0.25, 0.3) is 10.2 Å². The van der Waals surface area contributed by atoms with Crippen molar-refractivity contribution in [1.82, 2.24) is 9.88 Å². The molecule has 2 aliphatic carbocycles. The number of thiazole rings is 1. The molecule has 36 heavy (non-hydrogen) atoms. The maximum absolute atomic E-state index is 14.1. The average Bonchev–Trinajstić information content (AvgIpc) is 3.61. The van der Waals surface area contributed by atoms with E-state index in [0.29, 0.717) is 17.3 Å². The predicted molar refractivity (Wildman–Crippen MR) is 133 cm³/mol. The second kappa shape index (κ2) is 8.81. The summed E-state index contributed by atoms with van der Waals surface area (Å²) in [4.78, 5) is 45.7. The number of nitrogens with zero attached hydrogens (tertiary/aromatic N) is 2. The summed E-state index contributed by atoms with van der Waals surface area (Å²) in [6.07, 6.45) is 4.67. The molecule has 2 fully saturated rings. The van der Waals surface area contributed by atoms with E-state index in [9.17, 15) is 18.8 Å². The minimum absolute atomic E-state index is 0.0489. The smallest absolute Gasteiger partial charge is 0.234 e. The highest BCUT2D eigenvalue weighted by atomic mass is 32.1. The van der Waals surface area contributed by atoms with E-state index in [4.69, 9.17) is 4.74 Å². The minimum Gasteiger partial charge on any atom is -0.494 e. The number of amides is 3. The summed E-state index contributed by atoms with van der Waals surface area (Å²) in [5.41, 5.74) is 1.14. The molecule has 5 atom stereocenters. The highest BCUT2D eigenvalue weighted by Gasteiger charge is 2.60. The molecule has 1 saturated carbocycles. The van der Waals surface area contributed by atoms with Crippen LogP contribution in [-0.2, 0) is 14.4 Å². The lowest BCUT2D eigenvalue weighted by Crippen LogP contribution is -2.38. The third kappa shape index (κ3) is 3.78. The fourth-order valence-electron chi connectivity index (χ4n) is 5.87. The Morgan fingerprint density at radius 2 is 1.92 bits per heavy atom. The van der Waals surface area contributed by atoms with E-state index in [0.717, 1.165) is 22.4 Å². The second-order valence-corrected chi connectivity index (χ2v) is 10.5. The molecular weight excluding hydrogens is 481 g/mol. The van der Waals surface area contributed by atoms with Gasteiger partial charge in [0.1, 0.15) is 11.6 Å². The lowest BCUT2D eigenvalue weighted by molar-refractivity contribution is -0.144. The number of hydrogen-bond donors (Lipinski definition) is 1. The first kappa shape index (κ1) is 22.8. The topological polar surface area (TPSA) is 88.6 Å². The van der Waals surface area contributed by atoms with Crippen LogP contribution in [0.15, 0.2) is 54.6 Å². The van der Waals surface area contributed by atoms with Gasteiger partial charge in [0, 0.05) is 0 Å². The number of carbonyl (C=O) groups excluding carboxylic acids is 3. The lowest BCUT2D eigenvalue weighted by atomic mass is 9.85. The number of ether oxygens (including phenoxy) is 1. The number of anilines is 1. The number of fused-ring (bicyclic) bond motifs is 6. The van der Waals surface area contributed by atoms with Crippen molar-refractivity contribution in [2.75, 3.05) is 11.9 Å². The van der Waals surface area contributed by atoms with E-state index in [-0.39, 0.29) is 30.1 Å². The summed E-state index contributed by atoms with van der Waals surface area (Å²) < 4.78 is 20.5. The average molecular weight is 506 g/mol. The first-order chi connectivity index (χ1) is 17.4. The van der Waals surface area contributed by atoms with Crippen LogP contribution in [0.4, 0.5) is 9.52 Å². The molecule has 7 nitrogen and oxygen atoms in total. The van der Waals surface area contributed by atoms with Gasteiger partial charge in [0.2, 0.25) is 17.7 Å². The highest BCUT2D eigenvalue weighted by Crippen LogP contribution is 2.54. The van der Waals surface area contributed by atoms with Crippen molar-refractivity contribution >= 4 is 44.4 Å². The number of nitrogens with one attached hydrogen (secondary N) is 1. The molecule has 3 aromatic rings. The molecule has 2 heterocycles. The quantitative estimate of drug-likeness (QED) is 0.371. The van der Waals surface area contributed by atoms with Crippen molar-refractivity contribution in [3.05, 3.63) is 66.0 Å². The summed E-state index contributed by atoms with van der Waals surface area (Å²) in [5, 5.41) is 3.21. The Hall–Kier alpha value is -3.59. The third-order valence-corrected chi connectivity index (χ3v) is 8.28. The number of imide groups is 1. The first-order valence-electron chi connectivity index (χ1n) is 12.1. The van der Waals surface area contributed by atoms with Crippen LogP contribution < -0.4 is 10.1 Å². The molecule has 2 aromatic carbocycles. The van der Waals surface area contributed by atoms with E-state index in [2.05, 4.69) is 10.3 Å². The number of carbonyl (C=O) groups is 3. The van der Waals surface area contributed by atoms with Crippen LogP contribution in [0.3, 0.4) is 0 Å². The Morgan fingerprint density at radius 3 is 2.61 bits per heavy atom. The van der Waals surface area contributed by atoms with Crippen molar-refractivity contribution in [2.45, 2.75) is 25.8 Å². The van der Waals surface area contributed by atoms with Gasteiger partial charge in [0.15, 0.2) is 5.13 Å². The van der Waals surface area contributed by atoms with Crippen molar-refractivity contribution in [1.29, 1.82) is 0 Å². The van der Waals surface area contributed by atoms with Gasteiger partial charge in [-0.1, -0.05) is 35.6 Å². The molecule has 2 bridgehead atoms. The van der Waals surface area contributed by atoms with Crippen LogP contribution >= 0.6 is 11.3 Å². The fraction of sp³-hybridized carbons (Fsp3) is 0.333. The van der Waals surface area contributed by atoms with Gasteiger partial charge >= 0.3 is 0 Å². The van der Waals surface area contributed by atoms with E-state index in [1.807, 2.05) is 37.3 Å². The number of rotatable bonds is 7. The molecule has 1 N–H and O–H groups in total. The number of likely N-dealkylation sites (tertiary alicyclic amines) is 1. The van der Waals surface area contributed by atoms with Crippen LogP contribution in [0.1, 0.15) is 31.4 Å². The van der Waals surface area contributed by atoms with E-state index in [1.165, 1.54) is 34.4 Å². The van der Waals surface area contributed by atoms with Crippen LogP contribution in [-0.4, -0.2) is 34.2 Å². The Kier molecular flexibility index (Phi) is 5.59. The van der Waals surface area contributed by atoms with Gasteiger partial charge in [-0.3, -0.25) is 19.3 Å². The minimum atomic E-state index is -0.898. The van der Waals surface area contributed by atoms with Gasteiger partial charge in [0.25, 0.3) is 0 Å². The maximum atomic E-state index is 14.1. The van der Waals surface area contributed by atoms with Crippen LogP contribution in [0.5, 0.6) is 5.75 Å². The standard InChI is InChI=1S/C27H24FN3O4S/c1-2-35-18-8-9-19-21(12-18)36-27(29-19)30-22(32)13-20(14-4-3-5-17(28)11-14)31-25(33)23-15-6-7-16(10-15)24(23)26(31)34/h3-9,11-12,15-16,20,23-24H,2,10,13H2,1H3,(H,29,30,32). The Morgan fingerprint density at radius 1 is 1.17 bits per heavy atom. The highest BCUT2D eigenvalue weighted by molar-refractivity contribution is 7.22. The van der Waals surface area contributed by atoms with Gasteiger partial charge in [0.05, 0.1) is 41.1 Å². The SMILES string of the molecule is CCOc1ccc2nc(NC(=O)CC(c3cccc(F)c3)N3C(=O)C4C5C=CC(C5)C4C3=O)sc2c1. The summed E-state index contributed by atoms with van der Waals surface area (Å²) in [6.45, 7) is 2.45. The van der Waals surface area contributed by atoms with Gasteiger partial charge in [-0.25, -0.2) is 9.37 Å². The maximum Gasteiger partial charge on any atom is 0.234 e. The molecule has 1 saturated heterocycles. The lowest BCUT2D eigenvalue weighted by Gasteiger charge is -2.28. The number of aromatic nitrogens is 1. The zero-order chi connectivity index (χ0) is 25.0. The first-order valence-corrected chi connectivity index (χ1v) is 12.9. The molecule has 0 radical (unpaired) electrons. The molecule has 3 aliphatic rings. The Labute approximate surface area is 211 Å². The monoisotopic (exact) mass is 505 g/mol. The van der Waals surface area contributed by atoms with Crippen molar-refractivity contribution in [3.63, 3.8) is 0 Å². The van der Waals surface area contributed by atoms with E-state index < -0.39 is 29.6 Å². The van der Waals surface area contributed by atoms with Gasteiger partial charge in [-0.15, -0.1) is 0 Å². The van der Waals surface area contributed by atoms with Crippen molar-refractivity contribution in [2.24, 2.45) is 23.7 Å². The third-order valence-electron chi connectivity index (χ3n) is 7.35. The summed E-state index contributed by atoms with van der Waals surface area (Å²) >= 11 is 1.31. The Balaban J connectivity index is 1.27. The van der Waals surface area contributed by atoms with Crippen molar-refractivity contribution < 1.29 is 23.5 Å². The molecule has 3 amide bonds. The zero-order valence-corrected chi connectivity index (χ0v) is 20.3. The Bertz CT molecular complexity index is 1390. The number of halogens is 1. The summed E-state index contributed by atoms with van der Waals surface area (Å²) in [7, 11) is 0. The van der Waals surface area contributed by atoms with Gasteiger partial charge < -0.3 is 10.1 Å². The van der Waals surface area contributed by atoms with Gasteiger partial charge in [-0.05, 0) is 61.1 Å². The number of benzene rings is 2. The van der Waals surface area contributed by atoms with E-state index in [1.54, 1.807) is 6.07 Å². The van der Waals surface area contributed by atoms with Crippen LogP contribution in [0.2, 0.25) is 0 Å². The number of allylic oxidation sites excluding steroid dienone is 2.